The zero-order valence-corrected chi connectivity index (χ0v) is 49.0. The fraction of sp³-hybridized carbons (Fsp3) is 0.632. The number of carbonyl (C=O) groups excluding carboxylic acids is 9. The Balaban J connectivity index is 1.81. The van der Waals surface area contributed by atoms with E-state index in [4.69, 9.17) is 5.73 Å². The first kappa shape index (κ1) is 67.1. The lowest BCUT2D eigenvalue weighted by Gasteiger charge is -2.28. The van der Waals surface area contributed by atoms with E-state index in [-0.39, 0.29) is 80.8 Å². The number of carbonyl (C=O) groups is 9. The van der Waals surface area contributed by atoms with Crippen molar-refractivity contribution in [2.75, 3.05) is 13.1 Å². The van der Waals surface area contributed by atoms with Gasteiger partial charge in [0.15, 0.2) is 0 Å². The van der Waals surface area contributed by atoms with E-state index in [0.717, 1.165) is 6.42 Å². The molecule has 3 rings (SSSR count). The van der Waals surface area contributed by atoms with Gasteiger partial charge in [0, 0.05) is 55.6 Å². The zero-order valence-electron chi connectivity index (χ0n) is 49.0. The summed E-state index contributed by atoms with van der Waals surface area (Å²) >= 11 is 0. The number of aromatic amines is 2. The number of aromatic nitrogens is 4. The maximum atomic E-state index is 14.3. The Bertz CT molecular complexity index is 2410. The molecule has 2 heterocycles. The molecule has 0 spiro atoms. The zero-order chi connectivity index (χ0) is 59.6. The van der Waals surface area contributed by atoms with Gasteiger partial charge < -0.3 is 63.6 Å². The maximum Gasteiger partial charge on any atom is 0.243 e. The van der Waals surface area contributed by atoms with E-state index in [0.29, 0.717) is 35.7 Å². The molecule has 0 aliphatic heterocycles. The number of benzene rings is 1. The summed E-state index contributed by atoms with van der Waals surface area (Å²) in [6.45, 7) is 22.2. The smallest absolute Gasteiger partial charge is 0.243 e. The minimum Gasteiger partial charge on any atom is -0.354 e. The summed E-state index contributed by atoms with van der Waals surface area (Å²) in [7, 11) is 0. The van der Waals surface area contributed by atoms with E-state index >= 15 is 0 Å². The lowest BCUT2D eigenvalue weighted by atomic mass is 9.95. The third kappa shape index (κ3) is 24.9. The molecule has 0 bridgehead atoms. The highest BCUT2D eigenvalue weighted by Crippen LogP contribution is 2.16. The van der Waals surface area contributed by atoms with Crippen molar-refractivity contribution >= 4 is 53.2 Å². The number of H-pyrrole nitrogens is 2. The Morgan fingerprint density at radius 2 is 0.838 bits per heavy atom. The van der Waals surface area contributed by atoms with Gasteiger partial charge in [0.05, 0.1) is 25.1 Å². The molecule has 23 heteroatoms. The maximum absolute atomic E-state index is 14.3. The normalized spacial score (nSPS) is 14.9. The third-order valence-corrected chi connectivity index (χ3v) is 13.0. The second-order valence-corrected chi connectivity index (χ2v) is 23.1. The number of rotatable bonds is 35. The number of nitrogens with two attached hydrogens (primary N) is 1. The van der Waals surface area contributed by atoms with Crippen LogP contribution in [0.1, 0.15) is 132 Å². The van der Waals surface area contributed by atoms with Crippen LogP contribution in [0.4, 0.5) is 0 Å². The van der Waals surface area contributed by atoms with Crippen LogP contribution >= 0.6 is 0 Å². The summed E-state index contributed by atoms with van der Waals surface area (Å²) in [5, 5.41) is 25.3. The quantitative estimate of drug-likeness (QED) is 0.0403. The van der Waals surface area contributed by atoms with Crippen molar-refractivity contribution < 1.29 is 43.2 Å². The Morgan fingerprint density at radius 1 is 0.438 bits per heavy atom. The molecule has 0 aliphatic carbocycles. The number of hydrogen-bond acceptors (Lipinski definition) is 12. The van der Waals surface area contributed by atoms with Gasteiger partial charge in [-0.25, -0.2) is 9.97 Å². The molecular weight excluding hydrogens is 1020 g/mol. The van der Waals surface area contributed by atoms with E-state index in [2.05, 4.69) is 81.6 Å². The highest BCUT2D eigenvalue weighted by Gasteiger charge is 2.35. The Morgan fingerprint density at radius 3 is 1.30 bits per heavy atom. The van der Waals surface area contributed by atoms with Crippen molar-refractivity contribution in [2.45, 2.75) is 183 Å². The molecule has 1 aromatic carbocycles. The van der Waals surface area contributed by atoms with Crippen LogP contribution in [0.2, 0.25) is 0 Å². The van der Waals surface area contributed by atoms with Gasteiger partial charge in [-0.3, -0.25) is 43.2 Å². The molecule has 0 radical (unpaired) electrons. The minimum atomic E-state index is -1.30. The topological polar surface area (TPSA) is 345 Å². The molecule has 9 amide bonds. The van der Waals surface area contributed by atoms with Crippen molar-refractivity contribution in [3.63, 3.8) is 0 Å². The molecular formula is C57H92N14O9. The van der Waals surface area contributed by atoms with E-state index in [1.807, 2.05) is 62.3 Å². The predicted molar refractivity (Wildman–Crippen MR) is 304 cm³/mol. The Labute approximate surface area is 472 Å². The van der Waals surface area contributed by atoms with Crippen LogP contribution in [0.25, 0.3) is 0 Å². The lowest BCUT2D eigenvalue weighted by Crippen LogP contribution is -2.60. The monoisotopic (exact) mass is 1120 g/mol. The van der Waals surface area contributed by atoms with Crippen molar-refractivity contribution in [3.8, 4) is 0 Å². The molecule has 0 saturated heterocycles. The predicted octanol–water partition coefficient (Wildman–Crippen LogP) is 2.00. The summed E-state index contributed by atoms with van der Waals surface area (Å²) in [5.41, 5.74) is 7.29. The molecule has 13 N–H and O–H groups in total. The molecule has 9 atom stereocenters. The molecule has 3 aromatic rings. The second-order valence-electron chi connectivity index (χ2n) is 23.1. The average molecular weight is 1120 g/mol. The molecule has 2 aromatic heterocycles. The van der Waals surface area contributed by atoms with Crippen molar-refractivity contribution in [1.29, 1.82) is 0 Å². The van der Waals surface area contributed by atoms with E-state index in [1.165, 1.54) is 25.8 Å². The van der Waals surface area contributed by atoms with Crippen molar-refractivity contribution in [1.82, 2.24) is 67.8 Å². The van der Waals surface area contributed by atoms with Crippen LogP contribution in [0.15, 0.2) is 55.4 Å². The summed E-state index contributed by atoms with van der Waals surface area (Å²) in [5.74, 6) is -5.86. The SMILES string of the molecule is CC(C)C[C@H](CNC(=O)[C@H](CC(C)C)NC(=O)[C@H](C)NC(=O)[C@H](Cc1cnc[nH]1)NC(=O)[C@H](Cc1ccccc1)NC(=O)[C@H](CC(C)C)NC(=O)CN)C(=O)N[C@@H](Cc1cnc[nH]1)C(=O)N[C@@H](CC(C)C)C(=O)N[C@H](C)CC(C)C. The van der Waals surface area contributed by atoms with Crippen molar-refractivity contribution in [2.24, 2.45) is 41.2 Å². The van der Waals surface area contributed by atoms with Gasteiger partial charge in [-0.15, -0.1) is 0 Å². The molecule has 444 valence electrons. The summed E-state index contributed by atoms with van der Waals surface area (Å²) < 4.78 is 0. The first-order valence-electron chi connectivity index (χ1n) is 28.1. The van der Waals surface area contributed by atoms with Gasteiger partial charge in [0.25, 0.3) is 0 Å². The highest BCUT2D eigenvalue weighted by atomic mass is 16.2. The van der Waals surface area contributed by atoms with Gasteiger partial charge >= 0.3 is 0 Å². The Hall–Kier alpha value is -7.17. The van der Waals surface area contributed by atoms with Gasteiger partial charge in [-0.2, -0.15) is 0 Å². The van der Waals surface area contributed by atoms with E-state index in [9.17, 15) is 43.2 Å². The number of amides is 9. The van der Waals surface area contributed by atoms with Crippen LogP contribution in [0.3, 0.4) is 0 Å². The van der Waals surface area contributed by atoms with Crippen LogP contribution in [0.5, 0.6) is 0 Å². The molecule has 80 heavy (non-hydrogen) atoms. The van der Waals surface area contributed by atoms with E-state index < -0.39 is 95.5 Å². The Kier molecular flexibility index (Phi) is 28.6. The van der Waals surface area contributed by atoms with Crippen LogP contribution in [-0.2, 0) is 62.4 Å². The largest absolute Gasteiger partial charge is 0.354 e. The van der Waals surface area contributed by atoms with Crippen LogP contribution in [0, 0.1) is 35.5 Å². The van der Waals surface area contributed by atoms with Crippen LogP contribution in [-0.4, -0.2) is 135 Å². The first-order chi connectivity index (χ1) is 37.7. The molecule has 0 aliphatic rings. The average Bonchev–Trinajstić information content (AvgIpc) is 4.11. The standard InChI is InChI=1S/C57H92N14O9/c1-32(2)18-37(11)64-53(76)45(22-36(9)10)69-57(80)48(25-42-29-60-31-63-42)68-51(74)40(19-33(3)4)27-61-52(75)43(20-34(5)6)67-50(73)38(12)65-54(77)47(24-41-28-59-30-62-41)71-56(79)46(23-39-16-14-13-15-17-39)70-55(78)44(21-35(7)8)66-49(72)26-58/h13-17,28-38,40,43-48H,18-27,58H2,1-12H3,(H,59,62)(H,60,63)(H,61,75)(H,64,76)(H,65,77)(H,66,72)(H,67,73)(H,68,74)(H,69,80)(H,70,78)(H,71,79)/t37-,38+,40-,43+,44+,45+,46+,47+,48+/m1/s1. The van der Waals surface area contributed by atoms with E-state index in [1.54, 1.807) is 36.5 Å². The minimum absolute atomic E-state index is 0.0113. The van der Waals surface area contributed by atoms with Gasteiger partial charge in [-0.05, 0) is 81.1 Å². The number of nitrogens with one attached hydrogen (secondary N) is 11. The number of nitrogens with zero attached hydrogens (tertiary/aromatic N) is 2. The summed E-state index contributed by atoms with van der Waals surface area (Å²) in [6.07, 6.45) is 7.75. The fourth-order valence-electron chi connectivity index (χ4n) is 9.16. The molecule has 0 saturated carbocycles. The van der Waals surface area contributed by atoms with Crippen LogP contribution < -0.4 is 53.6 Å². The fourth-order valence-corrected chi connectivity index (χ4v) is 9.16. The van der Waals surface area contributed by atoms with Crippen molar-refractivity contribution in [3.05, 3.63) is 72.3 Å². The number of imidazole rings is 2. The first-order valence-corrected chi connectivity index (χ1v) is 28.1. The highest BCUT2D eigenvalue weighted by molar-refractivity contribution is 5.97. The molecule has 0 fully saturated rings. The summed E-state index contributed by atoms with van der Waals surface area (Å²) in [4.78, 5) is 139. The van der Waals surface area contributed by atoms with Gasteiger partial charge in [-0.1, -0.05) is 99.6 Å². The molecule has 0 unspecified atom stereocenters. The number of hydrogen-bond donors (Lipinski definition) is 12. The van der Waals surface area contributed by atoms with Gasteiger partial charge in [0.1, 0.15) is 42.3 Å². The lowest BCUT2D eigenvalue weighted by molar-refractivity contribution is -0.135. The summed E-state index contributed by atoms with van der Waals surface area (Å²) in [6, 6.07) is 0.955. The third-order valence-electron chi connectivity index (χ3n) is 13.0. The van der Waals surface area contributed by atoms with Gasteiger partial charge in [0.2, 0.25) is 53.2 Å². The molecule has 23 nitrogen and oxygen atoms in total. The second kappa shape index (κ2) is 34.1.